The molecule has 0 aliphatic heterocycles. The lowest BCUT2D eigenvalue weighted by Crippen LogP contribution is -2.24. The van der Waals surface area contributed by atoms with Gasteiger partial charge in [-0.15, -0.1) is 0 Å². The molecule has 0 unspecified atom stereocenters. The lowest BCUT2D eigenvalue weighted by atomic mass is 10.1. The molecule has 0 spiro atoms. The number of benzene rings is 3. The third kappa shape index (κ3) is 4.77. The van der Waals surface area contributed by atoms with Gasteiger partial charge in [-0.25, -0.2) is 4.98 Å². The van der Waals surface area contributed by atoms with Gasteiger partial charge in [-0.2, -0.15) is 0 Å². The highest BCUT2D eigenvalue weighted by Crippen LogP contribution is 2.28. The van der Waals surface area contributed by atoms with E-state index in [2.05, 4.69) is 5.32 Å². The Kier molecular flexibility index (Phi) is 6.88. The largest absolute Gasteiger partial charge is 0.497 e. The van der Waals surface area contributed by atoms with Crippen LogP contribution in [0.4, 0.5) is 5.69 Å². The second-order valence-corrected chi connectivity index (χ2v) is 8.67. The Morgan fingerprint density at radius 1 is 0.971 bits per heavy atom. The lowest BCUT2D eigenvalue weighted by molar-refractivity contribution is -0.113. The lowest BCUT2D eigenvalue weighted by Gasteiger charge is -2.17. The minimum Gasteiger partial charge on any atom is -0.497 e. The van der Waals surface area contributed by atoms with Crippen molar-refractivity contribution in [3.8, 4) is 17.2 Å². The predicted octanol–water partition coefficient (Wildman–Crippen LogP) is 4.75. The van der Waals surface area contributed by atoms with Gasteiger partial charge >= 0.3 is 0 Å². The number of nitrogens with zero attached hydrogens (tertiary/aromatic N) is 2. The molecule has 1 aromatic heterocycles. The molecular weight excluding hydrogens is 450 g/mol. The molecule has 4 aromatic rings. The second-order valence-electron chi connectivity index (χ2n) is 7.73. The summed E-state index contributed by atoms with van der Waals surface area (Å²) in [7, 11) is 3.10. The molecule has 0 saturated carbocycles. The molecule has 0 radical (unpaired) electrons. The standard InChI is InChI=1S/C26H25N3O4S/c1-16-8-7-9-17(2)24(16)29-25(31)21-10-5-6-11-22(21)28-26(29)34-15-23(30)27-18-12-19(32-3)14-20(13-18)33-4/h5-14H,15H2,1-4H3,(H,27,30). The number of hydrogen-bond donors (Lipinski definition) is 1. The van der Waals surface area contributed by atoms with Crippen molar-refractivity contribution in [2.24, 2.45) is 0 Å². The predicted molar refractivity (Wildman–Crippen MR) is 136 cm³/mol. The Bertz CT molecular complexity index is 1390. The molecule has 1 N–H and O–H groups in total. The summed E-state index contributed by atoms with van der Waals surface area (Å²) in [4.78, 5) is 31.0. The Morgan fingerprint density at radius 2 is 1.62 bits per heavy atom. The molecule has 8 heteroatoms. The molecule has 0 bridgehead atoms. The van der Waals surface area contributed by atoms with Gasteiger partial charge in [-0.05, 0) is 37.1 Å². The molecule has 0 atom stereocenters. The molecule has 174 valence electrons. The summed E-state index contributed by atoms with van der Waals surface area (Å²) < 4.78 is 12.1. The maximum atomic E-state index is 13.5. The summed E-state index contributed by atoms with van der Waals surface area (Å²) in [5.74, 6) is 0.968. The van der Waals surface area contributed by atoms with E-state index in [4.69, 9.17) is 14.5 Å². The van der Waals surface area contributed by atoms with Crippen molar-refractivity contribution < 1.29 is 14.3 Å². The summed E-state index contributed by atoms with van der Waals surface area (Å²) in [6.45, 7) is 3.92. The number of para-hydroxylation sites is 2. The first-order valence-electron chi connectivity index (χ1n) is 10.7. The van der Waals surface area contributed by atoms with E-state index in [1.54, 1.807) is 49.1 Å². The number of thioether (sulfide) groups is 1. The van der Waals surface area contributed by atoms with Gasteiger partial charge in [0.05, 0.1) is 36.6 Å². The Hall–Kier alpha value is -3.78. The zero-order chi connectivity index (χ0) is 24.2. The zero-order valence-electron chi connectivity index (χ0n) is 19.4. The van der Waals surface area contributed by atoms with Crippen LogP contribution in [0.5, 0.6) is 11.5 Å². The number of aromatic nitrogens is 2. The van der Waals surface area contributed by atoms with Crippen LogP contribution >= 0.6 is 11.8 Å². The summed E-state index contributed by atoms with van der Waals surface area (Å²) in [5, 5.41) is 3.85. The van der Waals surface area contributed by atoms with E-state index in [0.29, 0.717) is 33.2 Å². The quantitative estimate of drug-likeness (QED) is 0.307. The minimum atomic E-state index is -0.240. The molecule has 0 aliphatic carbocycles. The van der Waals surface area contributed by atoms with Crippen LogP contribution in [0.2, 0.25) is 0 Å². The monoisotopic (exact) mass is 475 g/mol. The fourth-order valence-corrected chi connectivity index (χ4v) is 4.57. The van der Waals surface area contributed by atoms with E-state index in [1.807, 2.05) is 44.2 Å². The van der Waals surface area contributed by atoms with E-state index in [0.717, 1.165) is 16.8 Å². The number of carbonyl (C=O) groups excluding carboxylic acids is 1. The fourth-order valence-electron chi connectivity index (χ4n) is 3.77. The summed E-state index contributed by atoms with van der Waals surface area (Å²) >= 11 is 1.21. The van der Waals surface area contributed by atoms with Crippen LogP contribution in [0, 0.1) is 13.8 Å². The molecule has 3 aromatic carbocycles. The maximum Gasteiger partial charge on any atom is 0.266 e. The molecule has 0 aliphatic rings. The van der Waals surface area contributed by atoms with Crippen LogP contribution < -0.4 is 20.3 Å². The van der Waals surface area contributed by atoms with Crippen molar-refractivity contribution in [3.05, 3.63) is 82.1 Å². The first-order valence-corrected chi connectivity index (χ1v) is 11.6. The van der Waals surface area contributed by atoms with Crippen LogP contribution in [0.3, 0.4) is 0 Å². The fraction of sp³-hybridized carbons (Fsp3) is 0.192. The molecule has 1 amide bonds. The third-order valence-electron chi connectivity index (χ3n) is 5.38. The average Bonchev–Trinajstić information content (AvgIpc) is 2.83. The minimum absolute atomic E-state index is 0.0647. The van der Waals surface area contributed by atoms with E-state index in [1.165, 1.54) is 11.8 Å². The average molecular weight is 476 g/mol. The van der Waals surface area contributed by atoms with Crippen LogP contribution in [0.25, 0.3) is 16.6 Å². The number of anilines is 1. The molecular formula is C26H25N3O4S. The van der Waals surface area contributed by atoms with Crippen LogP contribution in [-0.4, -0.2) is 35.4 Å². The highest BCUT2D eigenvalue weighted by Gasteiger charge is 2.17. The van der Waals surface area contributed by atoms with Gasteiger partial charge in [0.25, 0.3) is 5.56 Å². The highest BCUT2D eigenvalue weighted by molar-refractivity contribution is 7.99. The molecule has 7 nitrogen and oxygen atoms in total. The number of hydrogen-bond acceptors (Lipinski definition) is 6. The summed E-state index contributed by atoms with van der Waals surface area (Å²) in [5.41, 5.74) is 3.67. The highest BCUT2D eigenvalue weighted by atomic mass is 32.2. The summed E-state index contributed by atoms with van der Waals surface area (Å²) in [6, 6.07) is 18.3. The normalized spacial score (nSPS) is 10.8. The van der Waals surface area contributed by atoms with Crippen molar-refractivity contribution in [2.45, 2.75) is 19.0 Å². The van der Waals surface area contributed by atoms with Crippen LogP contribution in [0.15, 0.2) is 70.6 Å². The van der Waals surface area contributed by atoms with Crippen LogP contribution in [0.1, 0.15) is 11.1 Å². The van der Waals surface area contributed by atoms with Gasteiger partial charge in [0.2, 0.25) is 5.91 Å². The van der Waals surface area contributed by atoms with E-state index in [-0.39, 0.29) is 17.2 Å². The first kappa shape index (κ1) is 23.4. The third-order valence-corrected chi connectivity index (χ3v) is 6.31. The van der Waals surface area contributed by atoms with Crippen molar-refractivity contribution in [1.29, 1.82) is 0 Å². The SMILES string of the molecule is COc1cc(NC(=O)CSc2nc3ccccc3c(=O)n2-c2c(C)cccc2C)cc(OC)c1. The van der Waals surface area contributed by atoms with Gasteiger partial charge in [0, 0.05) is 23.9 Å². The Morgan fingerprint density at radius 3 is 2.26 bits per heavy atom. The molecule has 0 saturated heterocycles. The first-order chi connectivity index (χ1) is 16.4. The maximum absolute atomic E-state index is 13.5. The van der Waals surface area contributed by atoms with Gasteiger partial charge in [-0.3, -0.25) is 14.2 Å². The van der Waals surface area contributed by atoms with E-state index in [9.17, 15) is 9.59 Å². The van der Waals surface area contributed by atoms with Gasteiger partial charge in [0.1, 0.15) is 11.5 Å². The second kappa shape index (κ2) is 10.0. The molecule has 0 fully saturated rings. The van der Waals surface area contributed by atoms with Crippen molar-refractivity contribution in [2.75, 3.05) is 25.3 Å². The van der Waals surface area contributed by atoms with Crippen LogP contribution in [-0.2, 0) is 4.79 Å². The number of ether oxygens (including phenoxy) is 2. The Balaban J connectivity index is 1.68. The van der Waals surface area contributed by atoms with Gasteiger partial charge in [-0.1, -0.05) is 42.1 Å². The van der Waals surface area contributed by atoms with E-state index < -0.39 is 0 Å². The number of rotatable bonds is 7. The number of methoxy groups -OCH3 is 2. The molecule has 1 heterocycles. The number of nitrogens with one attached hydrogen (secondary N) is 1. The number of carbonyl (C=O) groups is 1. The number of amides is 1. The van der Waals surface area contributed by atoms with Gasteiger partial charge < -0.3 is 14.8 Å². The van der Waals surface area contributed by atoms with Crippen molar-refractivity contribution >= 4 is 34.3 Å². The van der Waals surface area contributed by atoms with Crippen molar-refractivity contribution in [3.63, 3.8) is 0 Å². The zero-order valence-corrected chi connectivity index (χ0v) is 20.2. The molecule has 4 rings (SSSR count). The smallest absolute Gasteiger partial charge is 0.266 e. The Labute approximate surface area is 201 Å². The number of fused-ring (bicyclic) bond motifs is 1. The van der Waals surface area contributed by atoms with Gasteiger partial charge in [0.15, 0.2) is 5.16 Å². The number of aryl methyl sites for hydroxylation is 2. The van der Waals surface area contributed by atoms with Crippen molar-refractivity contribution in [1.82, 2.24) is 9.55 Å². The van der Waals surface area contributed by atoms with E-state index >= 15 is 0 Å². The molecule has 34 heavy (non-hydrogen) atoms. The summed E-state index contributed by atoms with van der Waals surface area (Å²) in [6.07, 6.45) is 0. The topological polar surface area (TPSA) is 82.5 Å².